The van der Waals surface area contributed by atoms with Crippen LogP contribution in [-0.4, -0.2) is 82.2 Å². The Hall–Kier alpha value is -3.13. The van der Waals surface area contributed by atoms with Crippen LogP contribution in [0.4, 0.5) is 0 Å². The van der Waals surface area contributed by atoms with Gasteiger partial charge in [-0.15, -0.1) is 11.3 Å². The third-order valence-electron chi connectivity index (χ3n) is 6.93. The van der Waals surface area contributed by atoms with Gasteiger partial charge in [0.15, 0.2) is 5.52 Å². The molecule has 11 nitrogen and oxygen atoms in total. The largest absolute Gasteiger partial charge is 0.493 e. The van der Waals surface area contributed by atoms with Crippen LogP contribution in [0.1, 0.15) is 43.1 Å². The smallest absolute Gasteiger partial charge is 0.279 e. The van der Waals surface area contributed by atoms with E-state index in [0.29, 0.717) is 62.6 Å². The molecular weight excluding hydrogens is 550 g/mol. The number of likely N-dealkylation sites (N-methyl/N-ethyl adjacent to an activating group) is 1. The van der Waals surface area contributed by atoms with Crippen molar-refractivity contribution < 1.29 is 13.2 Å². The van der Waals surface area contributed by atoms with Crippen molar-refractivity contribution in [3.05, 3.63) is 50.3 Å². The van der Waals surface area contributed by atoms with E-state index in [4.69, 9.17) is 9.72 Å². The fourth-order valence-electron chi connectivity index (χ4n) is 4.81. The average molecular weight is 586 g/mol. The van der Waals surface area contributed by atoms with Gasteiger partial charge in [-0.05, 0) is 45.0 Å². The first-order chi connectivity index (χ1) is 19.2. The highest BCUT2D eigenvalue weighted by Crippen LogP contribution is 2.32. The fourth-order valence-corrected chi connectivity index (χ4v) is 6.86. The second-order valence-corrected chi connectivity index (χ2v) is 13.0. The number of ether oxygens (including phenoxy) is 1. The number of aromatic amines is 1. The number of piperazine rings is 1. The molecule has 0 radical (unpaired) electrons. The zero-order chi connectivity index (χ0) is 28.4. The first kappa shape index (κ1) is 28.4. The van der Waals surface area contributed by atoms with E-state index in [1.165, 1.54) is 4.31 Å². The summed E-state index contributed by atoms with van der Waals surface area (Å²) in [6, 6.07) is 4.78. The Morgan fingerprint density at radius 3 is 2.52 bits per heavy atom. The molecule has 1 aliphatic heterocycles. The van der Waals surface area contributed by atoms with Crippen molar-refractivity contribution in [2.24, 2.45) is 0 Å². The van der Waals surface area contributed by atoms with Gasteiger partial charge in [0.2, 0.25) is 10.0 Å². The van der Waals surface area contributed by atoms with Crippen LogP contribution >= 0.6 is 11.3 Å². The molecule has 1 aliphatic rings. The number of H-pyrrole nitrogens is 1. The van der Waals surface area contributed by atoms with Crippen LogP contribution in [0.25, 0.3) is 22.4 Å². The Morgan fingerprint density at radius 2 is 1.85 bits per heavy atom. The quantitative estimate of drug-likeness (QED) is 0.301. The zero-order valence-electron chi connectivity index (χ0n) is 23.3. The maximum absolute atomic E-state index is 13.6. The van der Waals surface area contributed by atoms with E-state index >= 15 is 0 Å². The first-order valence-corrected chi connectivity index (χ1v) is 15.9. The summed E-state index contributed by atoms with van der Waals surface area (Å²) in [5, 5.41) is 7.56. The summed E-state index contributed by atoms with van der Waals surface area (Å²) in [6.07, 6.45) is 2.28. The van der Waals surface area contributed by atoms with Crippen molar-refractivity contribution >= 4 is 32.4 Å². The molecule has 3 aromatic heterocycles. The molecule has 0 spiro atoms. The molecule has 4 heterocycles. The summed E-state index contributed by atoms with van der Waals surface area (Å²) in [4.78, 5) is 27.8. The Bertz CT molecular complexity index is 1670. The number of hydrogen-bond acceptors (Lipinski definition) is 9. The molecule has 1 aromatic carbocycles. The number of sulfonamides is 1. The summed E-state index contributed by atoms with van der Waals surface area (Å²) in [5.74, 6) is 0.712. The topological polar surface area (TPSA) is 126 Å². The Labute approximate surface area is 237 Å². The van der Waals surface area contributed by atoms with Gasteiger partial charge in [-0.3, -0.25) is 9.48 Å². The lowest BCUT2D eigenvalue weighted by atomic mass is 10.1. The van der Waals surface area contributed by atoms with Crippen LogP contribution < -0.4 is 10.3 Å². The Kier molecular flexibility index (Phi) is 8.36. The van der Waals surface area contributed by atoms with Crippen molar-refractivity contribution in [1.29, 1.82) is 0 Å². The minimum Gasteiger partial charge on any atom is -0.493 e. The minimum absolute atomic E-state index is 0.141. The summed E-state index contributed by atoms with van der Waals surface area (Å²) in [6.45, 7) is 9.06. The van der Waals surface area contributed by atoms with E-state index < -0.39 is 10.0 Å². The summed E-state index contributed by atoms with van der Waals surface area (Å²) in [7, 11) is -1.76. The molecule has 0 amide bonds. The summed E-state index contributed by atoms with van der Waals surface area (Å²) < 4.78 is 36.4. The van der Waals surface area contributed by atoms with Gasteiger partial charge in [-0.25, -0.2) is 18.4 Å². The van der Waals surface area contributed by atoms with Crippen molar-refractivity contribution in [1.82, 2.24) is 33.9 Å². The minimum atomic E-state index is -3.74. The van der Waals surface area contributed by atoms with Crippen LogP contribution in [0, 0.1) is 6.92 Å². The highest BCUT2D eigenvalue weighted by molar-refractivity contribution is 7.89. The van der Waals surface area contributed by atoms with E-state index in [1.54, 1.807) is 34.2 Å². The van der Waals surface area contributed by atoms with Crippen LogP contribution in [0.3, 0.4) is 0 Å². The van der Waals surface area contributed by atoms with E-state index in [-0.39, 0.29) is 21.8 Å². The number of nitrogens with zero attached hydrogens (tertiary/aromatic N) is 6. The monoisotopic (exact) mass is 585 g/mol. The van der Waals surface area contributed by atoms with Crippen molar-refractivity contribution in [2.75, 3.05) is 39.8 Å². The van der Waals surface area contributed by atoms with E-state index in [0.717, 1.165) is 29.2 Å². The van der Waals surface area contributed by atoms with Crippen molar-refractivity contribution in [3.63, 3.8) is 0 Å². The summed E-state index contributed by atoms with van der Waals surface area (Å²) in [5.41, 5.74) is 2.50. The van der Waals surface area contributed by atoms with Crippen LogP contribution in [0.15, 0.2) is 33.3 Å². The number of nitrogens with one attached hydrogen (secondary N) is 1. The highest BCUT2D eigenvalue weighted by Gasteiger charge is 2.29. The van der Waals surface area contributed by atoms with Gasteiger partial charge in [0.25, 0.3) is 5.56 Å². The third kappa shape index (κ3) is 5.69. The van der Waals surface area contributed by atoms with Gasteiger partial charge in [0, 0.05) is 31.6 Å². The van der Waals surface area contributed by atoms with Crippen molar-refractivity contribution in [3.8, 4) is 17.1 Å². The van der Waals surface area contributed by atoms with Gasteiger partial charge < -0.3 is 14.6 Å². The number of benzene rings is 1. The van der Waals surface area contributed by atoms with Gasteiger partial charge in [-0.2, -0.15) is 9.40 Å². The molecule has 1 fully saturated rings. The maximum atomic E-state index is 13.6. The SMILES string of the molecule is CCCOc1ccc(S(=O)(=O)N2CCN(C)CC2)cc1-c1nc2c(CCC)n(Cc3csc(C)n3)nc2c(=O)[nH]1. The summed E-state index contributed by atoms with van der Waals surface area (Å²) >= 11 is 1.57. The van der Waals surface area contributed by atoms with E-state index in [2.05, 4.69) is 26.9 Å². The second-order valence-electron chi connectivity index (χ2n) is 10.0. The lowest BCUT2D eigenvalue weighted by Gasteiger charge is -2.31. The van der Waals surface area contributed by atoms with Gasteiger partial charge in [0.1, 0.15) is 17.1 Å². The molecule has 0 saturated carbocycles. The van der Waals surface area contributed by atoms with Crippen LogP contribution in [0.2, 0.25) is 0 Å². The number of aromatic nitrogens is 5. The number of fused-ring (bicyclic) bond motifs is 1. The fraction of sp³-hybridized carbons (Fsp3) is 0.481. The van der Waals surface area contributed by atoms with E-state index in [1.807, 2.05) is 26.3 Å². The third-order valence-corrected chi connectivity index (χ3v) is 9.65. The number of rotatable bonds is 10. The van der Waals surface area contributed by atoms with Gasteiger partial charge in [0.05, 0.1) is 40.0 Å². The average Bonchev–Trinajstić information content (AvgIpc) is 3.51. The molecular formula is C27H35N7O4S2. The standard InChI is InChI=1S/C27H35N7O4S2/c1-5-7-22-24-25(31-34(22)16-19-17-39-18(3)28-19)27(35)30-26(29-24)21-15-20(8-9-23(21)38-14-6-2)40(36,37)33-12-10-32(4)11-13-33/h8-9,15,17H,5-7,10-14,16H2,1-4H3,(H,29,30,35). The van der Waals surface area contributed by atoms with Crippen LogP contribution in [0.5, 0.6) is 5.75 Å². The normalized spacial score (nSPS) is 15.2. The van der Waals surface area contributed by atoms with E-state index in [9.17, 15) is 13.2 Å². The van der Waals surface area contributed by atoms with Crippen molar-refractivity contribution in [2.45, 2.75) is 51.5 Å². The molecule has 1 N–H and O–H groups in total. The van der Waals surface area contributed by atoms with Gasteiger partial charge in [-0.1, -0.05) is 20.3 Å². The molecule has 40 heavy (non-hydrogen) atoms. The number of hydrogen-bond donors (Lipinski definition) is 1. The molecule has 13 heteroatoms. The second kappa shape index (κ2) is 11.8. The van der Waals surface area contributed by atoms with Crippen LogP contribution in [-0.2, 0) is 23.0 Å². The Morgan fingerprint density at radius 1 is 1.07 bits per heavy atom. The maximum Gasteiger partial charge on any atom is 0.279 e. The molecule has 214 valence electrons. The Balaban J connectivity index is 1.62. The first-order valence-electron chi connectivity index (χ1n) is 13.6. The highest BCUT2D eigenvalue weighted by atomic mass is 32.2. The molecule has 5 rings (SSSR count). The molecule has 1 saturated heterocycles. The molecule has 0 unspecified atom stereocenters. The number of thiazole rings is 1. The molecule has 0 aliphatic carbocycles. The number of aryl methyl sites for hydroxylation is 2. The lowest BCUT2D eigenvalue weighted by Crippen LogP contribution is -2.47. The lowest BCUT2D eigenvalue weighted by molar-refractivity contribution is 0.222. The predicted molar refractivity (Wildman–Crippen MR) is 156 cm³/mol. The molecule has 4 aromatic rings. The molecule has 0 bridgehead atoms. The zero-order valence-corrected chi connectivity index (χ0v) is 24.9. The predicted octanol–water partition coefficient (Wildman–Crippen LogP) is 3.28. The molecule has 0 atom stereocenters. The van der Waals surface area contributed by atoms with Gasteiger partial charge >= 0.3 is 0 Å².